The highest BCUT2D eigenvalue weighted by Gasteiger charge is 2.23. The van der Waals surface area contributed by atoms with E-state index in [-0.39, 0.29) is 11.8 Å². The third kappa shape index (κ3) is 3.76. The Balaban J connectivity index is 1.69. The highest BCUT2D eigenvalue weighted by atomic mass is 16.1. The number of allylic oxidation sites excluding steroid dienone is 1. The SMILES string of the molecule is C=C1CCC(Cc2ccc(-c3ccc(C(C)C)cc3)cc2)C(=O)N1. The summed E-state index contributed by atoms with van der Waals surface area (Å²) in [7, 11) is 0. The molecular weight excluding hydrogens is 294 g/mol. The van der Waals surface area contributed by atoms with E-state index in [1.165, 1.54) is 22.3 Å². The first-order chi connectivity index (χ1) is 11.5. The molecule has 2 heteroatoms. The van der Waals surface area contributed by atoms with Crippen LogP contribution in [0.15, 0.2) is 60.8 Å². The zero-order valence-electron chi connectivity index (χ0n) is 14.5. The lowest BCUT2D eigenvalue weighted by Gasteiger charge is -2.23. The van der Waals surface area contributed by atoms with Gasteiger partial charge in [-0.15, -0.1) is 0 Å². The number of amides is 1. The lowest BCUT2D eigenvalue weighted by Crippen LogP contribution is -2.35. The fourth-order valence-electron chi connectivity index (χ4n) is 3.19. The summed E-state index contributed by atoms with van der Waals surface area (Å²) in [4.78, 5) is 12.0. The van der Waals surface area contributed by atoms with Gasteiger partial charge in [0.05, 0.1) is 0 Å². The quantitative estimate of drug-likeness (QED) is 0.838. The van der Waals surface area contributed by atoms with Gasteiger partial charge in [-0.3, -0.25) is 4.79 Å². The number of hydrogen-bond acceptors (Lipinski definition) is 1. The smallest absolute Gasteiger partial charge is 0.227 e. The van der Waals surface area contributed by atoms with Crippen LogP contribution < -0.4 is 5.32 Å². The summed E-state index contributed by atoms with van der Waals surface area (Å²) in [6, 6.07) is 17.4. The van der Waals surface area contributed by atoms with Gasteiger partial charge in [0.1, 0.15) is 0 Å². The Morgan fingerprint density at radius 1 is 1.04 bits per heavy atom. The summed E-state index contributed by atoms with van der Waals surface area (Å²) in [5.41, 5.74) is 5.87. The zero-order valence-corrected chi connectivity index (χ0v) is 14.5. The Labute approximate surface area is 144 Å². The van der Waals surface area contributed by atoms with Crippen molar-refractivity contribution in [2.24, 2.45) is 5.92 Å². The number of hydrogen-bond donors (Lipinski definition) is 1. The fourth-order valence-corrected chi connectivity index (χ4v) is 3.19. The van der Waals surface area contributed by atoms with Gasteiger partial charge in [0, 0.05) is 11.6 Å². The molecule has 0 aromatic heterocycles. The van der Waals surface area contributed by atoms with Crippen molar-refractivity contribution in [2.45, 2.75) is 39.0 Å². The molecule has 1 unspecified atom stereocenters. The summed E-state index contributed by atoms with van der Waals surface area (Å²) in [5, 5.41) is 2.87. The standard InChI is InChI=1S/C22H25NO/c1-15(2)18-10-12-20(13-11-18)19-8-5-17(6-9-19)14-21-7-4-16(3)23-22(21)24/h5-6,8-13,15,21H,3-4,7,14H2,1-2H3,(H,23,24). The average molecular weight is 319 g/mol. The second-order valence-electron chi connectivity index (χ2n) is 7.01. The molecule has 0 bridgehead atoms. The van der Waals surface area contributed by atoms with Crippen molar-refractivity contribution < 1.29 is 4.79 Å². The van der Waals surface area contributed by atoms with Gasteiger partial charge in [0.25, 0.3) is 0 Å². The molecule has 0 aliphatic carbocycles. The van der Waals surface area contributed by atoms with Crippen LogP contribution in [0.2, 0.25) is 0 Å². The van der Waals surface area contributed by atoms with Gasteiger partial charge in [-0.25, -0.2) is 0 Å². The summed E-state index contributed by atoms with van der Waals surface area (Å²) < 4.78 is 0. The first kappa shape index (κ1) is 16.5. The fraction of sp³-hybridized carbons (Fsp3) is 0.318. The van der Waals surface area contributed by atoms with E-state index < -0.39 is 0 Å². The van der Waals surface area contributed by atoms with Crippen LogP contribution in [0.3, 0.4) is 0 Å². The molecule has 1 amide bonds. The largest absolute Gasteiger partial charge is 0.330 e. The maximum atomic E-state index is 12.0. The number of benzene rings is 2. The summed E-state index contributed by atoms with van der Waals surface area (Å²) >= 11 is 0. The number of piperidine rings is 1. The Morgan fingerprint density at radius 3 is 2.17 bits per heavy atom. The molecule has 124 valence electrons. The third-order valence-corrected chi connectivity index (χ3v) is 4.81. The van der Waals surface area contributed by atoms with E-state index in [4.69, 9.17) is 0 Å². The molecule has 1 heterocycles. The molecule has 1 aliphatic rings. The van der Waals surface area contributed by atoms with Crippen LogP contribution in [-0.2, 0) is 11.2 Å². The Morgan fingerprint density at radius 2 is 1.62 bits per heavy atom. The number of rotatable bonds is 4. The average Bonchev–Trinajstić information content (AvgIpc) is 2.58. The van der Waals surface area contributed by atoms with Crippen molar-refractivity contribution in [1.29, 1.82) is 0 Å². The van der Waals surface area contributed by atoms with Crippen LogP contribution in [0.25, 0.3) is 11.1 Å². The Hall–Kier alpha value is -2.35. The van der Waals surface area contributed by atoms with E-state index in [9.17, 15) is 4.79 Å². The van der Waals surface area contributed by atoms with Crippen molar-refractivity contribution in [3.8, 4) is 11.1 Å². The van der Waals surface area contributed by atoms with Crippen molar-refractivity contribution >= 4 is 5.91 Å². The van der Waals surface area contributed by atoms with Gasteiger partial charge in [-0.1, -0.05) is 69.0 Å². The van der Waals surface area contributed by atoms with Crippen LogP contribution in [0.4, 0.5) is 0 Å². The molecule has 0 radical (unpaired) electrons. The van der Waals surface area contributed by atoms with Crippen molar-refractivity contribution in [3.05, 3.63) is 71.9 Å². The van der Waals surface area contributed by atoms with Gasteiger partial charge in [0.2, 0.25) is 5.91 Å². The van der Waals surface area contributed by atoms with Crippen LogP contribution in [-0.4, -0.2) is 5.91 Å². The van der Waals surface area contributed by atoms with Gasteiger partial charge >= 0.3 is 0 Å². The lowest BCUT2D eigenvalue weighted by molar-refractivity contribution is -0.125. The van der Waals surface area contributed by atoms with Crippen molar-refractivity contribution in [1.82, 2.24) is 5.32 Å². The van der Waals surface area contributed by atoms with Gasteiger partial charge in [-0.2, -0.15) is 0 Å². The number of carbonyl (C=O) groups excluding carboxylic acids is 1. The lowest BCUT2D eigenvalue weighted by atomic mass is 9.90. The monoisotopic (exact) mass is 319 g/mol. The van der Waals surface area contributed by atoms with Gasteiger partial charge in [0.15, 0.2) is 0 Å². The molecule has 24 heavy (non-hydrogen) atoms. The highest BCUT2D eigenvalue weighted by molar-refractivity contribution is 5.81. The maximum Gasteiger partial charge on any atom is 0.227 e. The summed E-state index contributed by atoms with van der Waals surface area (Å²) in [6.45, 7) is 8.25. The first-order valence-electron chi connectivity index (χ1n) is 8.71. The van der Waals surface area contributed by atoms with Crippen LogP contribution in [0, 0.1) is 5.92 Å². The van der Waals surface area contributed by atoms with E-state index >= 15 is 0 Å². The molecule has 1 saturated heterocycles. The van der Waals surface area contributed by atoms with E-state index in [0.717, 1.165) is 25.0 Å². The summed E-state index contributed by atoms with van der Waals surface area (Å²) in [5.74, 6) is 0.727. The van der Waals surface area contributed by atoms with Gasteiger partial charge < -0.3 is 5.32 Å². The predicted octanol–water partition coefficient (Wildman–Crippen LogP) is 5.06. The van der Waals surface area contributed by atoms with Crippen molar-refractivity contribution in [2.75, 3.05) is 0 Å². The van der Waals surface area contributed by atoms with E-state index in [2.05, 4.69) is 74.3 Å². The molecule has 2 aromatic rings. The second-order valence-corrected chi connectivity index (χ2v) is 7.01. The maximum absolute atomic E-state index is 12.0. The number of nitrogens with one attached hydrogen (secondary N) is 1. The summed E-state index contributed by atoms with van der Waals surface area (Å²) in [6.07, 6.45) is 2.57. The predicted molar refractivity (Wildman–Crippen MR) is 99.7 cm³/mol. The third-order valence-electron chi connectivity index (χ3n) is 4.81. The highest BCUT2D eigenvalue weighted by Crippen LogP contribution is 2.25. The van der Waals surface area contributed by atoms with E-state index in [1.807, 2.05) is 0 Å². The minimum Gasteiger partial charge on any atom is -0.330 e. The van der Waals surface area contributed by atoms with E-state index in [1.54, 1.807) is 0 Å². The molecule has 3 rings (SSSR count). The van der Waals surface area contributed by atoms with Crippen LogP contribution in [0.5, 0.6) is 0 Å². The minimum atomic E-state index is 0.0617. The Bertz CT molecular complexity index is 726. The first-order valence-corrected chi connectivity index (χ1v) is 8.71. The molecule has 0 saturated carbocycles. The molecule has 2 aromatic carbocycles. The van der Waals surface area contributed by atoms with Gasteiger partial charge in [-0.05, 0) is 47.4 Å². The van der Waals surface area contributed by atoms with Crippen LogP contribution in [0.1, 0.15) is 43.7 Å². The molecule has 1 fully saturated rings. The zero-order chi connectivity index (χ0) is 17.1. The minimum absolute atomic E-state index is 0.0617. The van der Waals surface area contributed by atoms with Crippen LogP contribution >= 0.6 is 0 Å². The molecule has 0 spiro atoms. The van der Waals surface area contributed by atoms with E-state index in [0.29, 0.717) is 5.92 Å². The topological polar surface area (TPSA) is 29.1 Å². The Kier molecular flexibility index (Phi) is 4.84. The molecular formula is C22H25NO. The second kappa shape index (κ2) is 7.04. The molecule has 1 N–H and O–H groups in total. The van der Waals surface area contributed by atoms with Crippen molar-refractivity contribution in [3.63, 3.8) is 0 Å². The molecule has 1 atom stereocenters. The number of carbonyl (C=O) groups is 1. The molecule has 2 nitrogen and oxygen atoms in total. The molecule has 1 aliphatic heterocycles. The normalized spacial score (nSPS) is 17.9.